The summed E-state index contributed by atoms with van der Waals surface area (Å²) in [5.41, 5.74) is 1.19. The lowest BCUT2D eigenvalue weighted by molar-refractivity contribution is 0.0768. The largest absolute Gasteiger partial charge is 0.472 e. The predicted molar refractivity (Wildman–Crippen MR) is 98.3 cm³/mol. The van der Waals surface area contributed by atoms with Crippen LogP contribution >= 0.6 is 0 Å². The first-order valence-electron chi connectivity index (χ1n) is 8.95. The van der Waals surface area contributed by atoms with Gasteiger partial charge >= 0.3 is 0 Å². The van der Waals surface area contributed by atoms with Gasteiger partial charge in [-0.25, -0.2) is 9.37 Å². The lowest BCUT2D eigenvalue weighted by atomic mass is 10.1. The summed E-state index contributed by atoms with van der Waals surface area (Å²) in [6, 6.07) is 7.81. The van der Waals surface area contributed by atoms with Crippen molar-refractivity contribution in [3.8, 4) is 5.88 Å². The molecule has 7 heteroatoms. The average Bonchev–Trinajstić information content (AvgIpc) is 3.12. The molecule has 2 amide bonds. The van der Waals surface area contributed by atoms with Crippen molar-refractivity contribution in [2.24, 2.45) is 0 Å². The Morgan fingerprint density at radius 1 is 1.37 bits per heavy atom. The van der Waals surface area contributed by atoms with Crippen molar-refractivity contribution < 1.29 is 18.7 Å². The van der Waals surface area contributed by atoms with Crippen LogP contribution in [-0.2, 0) is 0 Å². The molecule has 1 aromatic carbocycles. The van der Waals surface area contributed by atoms with Crippen LogP contribution in [0.3, 0.4) is 0 Å². The number of carbonyl (C=O) groups is 2. The molecule has 2 heterocycles. The van der Waals surface area contributed by atoms with Gasteiger partial charge < -0.3 is 15.0 Å². The smallest absolute Gasteiger partial charge is 0.256 e. The third kappa shape index (κ3) is 4.24. The molecule has 0 radical (unpaired) electrons. The van der Waals surface area contributed by atoms with Gasteiger partial charge in [-0.05, 0) is 43.7 Å². The minimum atomic E-state index is -0.395. The second-order valence-corrected chi connectivity index (χ2v) is 6.46. The number of nitrogens with one attached hydrogen (secondary N) is 1. The van der Waals surface area contributed by atoms with Crippen molar-refractivity contribution in [2.45, 2.75) is 26.4 Å². The fourth-order valence-corrected chi connectivity index (χ4v) is 2.99. The van der Waals surface area contributed by atoms with Gasteiger partial charge in [-0.1, -0.05) is 6.07 Å². The first-order valence-corrected chi connectivity index (χ1v) is 8.95. The van der Waals surface area contributed by atoms with Crippen LogP contribution in [-0.4, -0.2) is 47.4 Å². The van der Waals surface area contributed by atoms with E-state index in [1.165, 1.54) is 6.07 Å². The van der Waals surface area contributed by atoms with Crippen LogP contribution in [0.1, 0.15) is 39.6 Å². The maximum absolute atomic E-state index is 13.7. The van der Waals surface area contributed by atoms with Crippen LogP contribution in [0.4, 0.5) is 4.39 Å². The first-order chi connectivity index (χ1) is 13.0. The minimum absolute atomic E-state index is 0.232. The Hall–Kier alpha value is -2.96. The molecule has 0 bridgehead atoms. The number of aryl methyl sites for hydroxylation is 1. The monoisotopic (exact) mass is 371 g/mol. The van der Waals surface area contributed by atoms with E-state index in [1.54, 1.807) is 42.3 Å². The Bertz CT molecular complexity index is 856. The van der Waals surface area contributed by atoms with Gasteiger partial charge in [-0.2, -0.15) is 0 Å². The average molecular weight is 371 g/mol. The van der Waals surface area contributed by atoms with Crippen molar-refractivity contribution in [3.05, 3.63) is 59.0 Å². The van der Waals surface area contributed by atoms with Crippen molar-refractivity contribution in [1.82, 2.24) is 15.2 Å². The topological polar surface area (TPSA) is 71.5 Å². The molecule has 1 aliphatic rings. The highest BCUT2D eigenvalue weighted by Gasteiger charge is 2.29. The van der Waals surface area contributed by atoms with Crippen LogP contribution in [0.15, 0.2) is 36.5 Å². The molecule has 2 aromatic rings. The maximum Gasteiger partial charge on any atom is 0.256 e. The van der Waals surface area contributed by atoms with Gasteiger partial charge in [0.05, 0.1) is 6.54 Å². The number of aromatic nitrogens is 1. The molecule has 6 nitrogen and oxygen atoms in total. The summed E-state index contributed by atoms with van der Waals surface area (Å²) in [7, 11) is 0. The standard InChI is InChI=1S/C20H22FN3O3/c1-3-22-18(25)16-5-4-9-23-19(16)27-15-8-10-24(12-15)20(26)14-7-6-13(2)17(21)11-14/h4-7,9,11,15H,3,8,10,12H2,1-2H3,(H,22,25). The van der Waals surface area contributed by atoms with E-state index in [9.17, 15) is 14.0 Å². The summed E-state index contributed by atoms with van der Waals surface area (Å²) >= 11 is 0. The number of carbonyl (C=O) groups excluding carboxylic acids is 2. The van der Waals surface area contributed by atoms with Gasteiger partial charge in [0.25, 0.3) is 11.8 Å². The molecule has 1 fully saturated rings. The number of hydrogen-bond acceptors (Lipinski definition) is 4. The number of hydrogen-bond donors (Lipinski definition) is 1. The maximum atomic E-state index is 13.7. The SMILES string of the molecule is CCNC(=O)c1cccnc1OC1CCN(C(=O)c2ccc(C)c(F)c2)C1. The molecule has 1 N–H and O–H groups in total. The van der Waals surface area contributed by atoms with E-state index in [2.05, 4.69) is 10.3 Å². The van der Waals surface area contributed by atoms with Gasteiger partial charge in [0, 0.05) is 31.3 Å². The third-order valence-electron chi connectivity index (χ3n) is 4.48. The number of nitrogens with zero attached hydrogens (tertiary/aromatic N) is 2. The number of pyridine rings is 1. The third-order valence-corrected chi connectivity index (χ3v) is 4.48. The molecule has 1 atom stereocenters. The van der Waals surface area contributed by atoms with Gasteiger partial charge in [-0.3, -0.25) is 9.59 Å². The van der Waals surface area contributed by atoms with Crippen LogP contribution in [0.2, 0.25) is 0 Å². The first kappa shape index (κ1) is 18.8. The second kappa shape index (κ2) is 8.16. The van der Waals surface area contributed by atoms with Gasteiger partial charge in [0.2, 0.25) is 5.88 Å². The summed E-state index contributed by atoms with van der Waals surface area (Å²) in [5.74, 6) is -0.622. The highest BCUT2D eigenvalue weighted by Crippen LogP contribution is 2.22. The summed E-state index contributed by atoms with van der Waals surface area (Å²) in [6.45, 7) is 4.86. The lowest BCUT2D eigenvalue weighted by Gasteiger charge is -2.18. The molecule has 0 spiro atoms. The van der Waals surface area contributed by atoms with Gasteiger partial charge in [0.1, 0.15) is 17.5 Å². The van der Waals surface area contributed by atoms with Crippen molar-refractivity contribution in [3.63, 3.8) is 0 Å². The van der Waals surface area contributed by atoms with Crippen LogP contribution in [0, 0.1) is 12.7 Å². The minimum Gasteiger partial charge on any atom is -0.472 e. The highest BCUT2D eigenvalue weighted by atomic mass is 19.1. The van der Waals surface area contributed by atoms with Crippen LogP contribution in [0.5, 0.6) is 5.88 Å². The molecule has 27 heavy (non-hydrogen) atoms. The molecule has 1 aliphatic heterocycles. The predicted octanol–water partition coefficient (Wildman–Crippen LogP) is 2.57. The molecule has 1 saturated heterocycles. The number of likely N-dealkylation sites (tertiary alicyclic amines) is 1. The zero-order chi connectivity index (χ0) is 19.4. The van der Waals surface area contributed by atoms with E-state index in [-0.39, 0.29) is 23.8 Å². The molecule has 3 rings (SSSR count). The fraction of sp³-hybridized carbons (Fsp3) is 0.350. The normalized spacial score (nSPS) is 16.3. The second-order valence-electron chi connectivity index (χ2n) is 6.46. The molecular formula is C20H22FN3O3. The zero-order valence-corrected chi connectivity index (χ0v) is 15.4. The number of amides is 2. The molecule has 0 aliphatic carbocycles. The van der Waals surface area contributed by atoms with Gasteiger partial charge in [-0.15, -0.1) is 0 Å². The molecule has 1 aromatic heterocycles. The van der Waals surface area contributed by atoms with Crippen molar-refractivity contribution in [2.75, 3.05) is 19.6 Å². The number of ether oxygens (including phenoxy) is 1. The molecule has 1 unspecified atom stereocenters. The number of rotatable bonds is 5. The number of benzene rings is 1. The van der Waals surface area contributed by atoms with E-state index >= 15 is 0 Å². The Kier molecular flexibility index (Phi) is 5.69. The fourth-order valence-electron chi connectivity index (χ4n) is 2.99. The quantitative estimate of drug-likeness (QED) is 0.877. The lowest BCUT2D eigenvalue weighted by Crippen LogP contribution is -2.31. The molecular weight excluding hydrogens is 349 g/mol. The zero-order valence-electron chi connectivity index (χ0n) is 15.4. The van der Waals surface area contributed by atoms with Gasteiger partial charge in [0.15, 0.2) is 0 Å². The Morgan fingerprint density at radius 2 is 2.19 bits per heavy atom. The summed E-state index contributed by atoms with van der Waals surface area (Å²) in [5, 5.41) is 2.73. The number of halogens is 1. The van der Waals surface area contributed by atoms with E-state index in [4.69, 9.17) is 4.74 Å². The van der Waals surface area contributed by atoms with Crippen molar-refractivity contribution in [1.29, 1.82) is 0 Å². The van der Waals surface area contributed by atoms with E-state index < -0.39 is 5.82 Å². The highest BCUT2D eigenvalue weighted by molar-refractivity contribution is 5.96. The van der Waals surface area contributed by atoms with Crippen LogP contribution in [0.25, 0.3) is 0 Å². The summed E-state index contributed by atoms with van der Waals surface area (Å²) < 4.78 is 19.6. The Labute approximate surface area is 157 Å². The van der Waals surface area contributed by atoms with Crippen LogP contribution < -0.4 is 10.1 Å². The molecule has 142 valence electrons. The summed E-state index contributed by atoms with van der Waals surface area (Å²) in [4.78, 5) is 30.5. The Balaban J connectivity index is 1.67. The van der Waals surface area contributed by atoms with E-state index in [0.717, 1.165) is 0 Å². The van der Waals surface area contributed by atoms with Crippen molar-refractivity contribution >= 4 is 11.8 Å². The Morgan fingerprint density at radius 3 is 2.93 bits per heavy atom. The van der Waals surface area contributed by atoms with E-state index in [1.807, 2.05) is 6.92 Å². The summed E-state index contributed by atoms with van der Waals surface area (Å²) in [6.07, 6.45) is 1.91. The van der Waals surface area contributed by atoms with E-state index in [0.29, 0.717) is 42.7 Å². The molecule has 0 saturated carbocycles.